The fourth-order valence-corrected chi connectivity index (χ4v) is 3.64. The summed E-state index contributed by atoms with van der Waals surface area (Å²) in [4.78, 5) is 26.7. The van der Waals surface area contributed by atoms with Crippen molar-refractivity contribution >= 4 is 11.6 Å². The van der Waals surface area contributed by atoms with Crippen LogP contribution in [0.5, 0.6) is 5.75 Å². The summed E-state index contributed by atoms with van der Waals surface area (Å²) in [6.07, 6.45) is 1.85. The van der Waals surface area contributed by atoms with Crippen molar-refractivity contribution in [3.05, 3.63) is 76.6 Å². The number of carbonyl (C=O) groups is 1. The normalized spacial score (nSPS) is 12.7. The fraction of sp³-hybridized carbons (Fsp3) is 0.261. The number of hydrogen-bond donors (Lipinski definition) is 0. The summed E-state index contributed by atoms with van der Waals surface area (Å²) in [6, 6.07) is 18.8. The van der Waals surface area contributed by atoms with Crippen LogP contribution < -0.4 is 15.2 Å². The third kappa shape index (κ3) is 4.06. The number of para-hydroxylation sites is 1. The number of carbonyl (C=O) groups excluding carboxylic acids is 1. The number of methoxy groups -OCH3 is 1. The van der Waals surface area contributed by atoms with Crippen LogP contribution >= 0.6 is 0 Å². The van der Waals surface area contributed by atoms with Crippen LogP contribution in [-0.2, 0) is 17.8 Å². The van der Waals surface area contributed by atoms with E-state index in [1.807, 2.05) is 47.4 Å². The molecule has 0 saturated carbocycles. The Morgan fingerprint density at radius 1 is 1.07 bits per heavy atom. The third-order valence-corrected chi connectivity index (χ3v) is 5.20. The first kappa shape index (κ1) is 18.9. The summed E-state index contributed by atoms with van der Waals surface area (Å²) < 4.78 is 6.61. The Kier molecular flexibility index (Phi) is 5.42. The molecule has 0 aliphatic carbocycles. The van der Waals surface area contributed by atoms with Crippen molar-refractivity contribution in [2.75, 3.05) is 18.6 Å². The number of hydrogen-bond acceptors (Lipinski definition) is 4. The molecule has 3 aromatic rings. The summed E-state index contributed by atoms with van der Waals surface area (Å²) >= 11 is 0. The van der Waals surface area contributed by atoms with E-state index < -0.39 is 0 Å². The van der Waals surface area contributed by atoms with Gasteiger partial charge in [0.25, 0.3) is 5.56 Å². The number of amides is 1. The van der Waals surface area contributed by atoms with Gasteiger partial charge in [0.2, 0.25) is 5.91 Å². The largest absolute Gasteiger partial charge is 0.497 e. The summed E-state index contributed by atoms with van der Waals surface area (Å²) in [5, 5.41) is 4.47. The number of ether oxygens (including phenoxy) is 1. The standard InChI is InChI=1S/C23H23N3O3/c1-29-19-10-8-17(9-11-19)20-12-13-23(28)26(24-20)15-4-7-22(27)25-16-14-18-5-2-3-6-21(18)25/h2-3,5-6,8-13H,4,7,14-16H2,1H3. The Morgan fingerprint density at radius 3 is 2.66 bits per heavy atom. The van der Waals surface area contributed by atoms with E-state index in [-0.39, 0.29) is 11.5 Å². The number of rotatable bonds is 6. The van der Waals surface area contributed by atoms with E-state index in [0.717, 1.165) is 30.0 Å². The molecule has 6 nitrogen and oxygen atoms in total. The monoisotopic (exact) mass is 389 g/mol. The summed E-state index contributed by atoms with van der Waals surface area (Å²) in [5.74, 6) is 0.860. The molecule has 4 rings (SSSR count). The van der Waals surface area contributed by atoms with Crippen molar-refractivity contribution in [2.45, 2.75) is 25.8 Å². The zero-order valence-corrected chi connectivity index (χ0v) is 16.4. The van der Waals surface area contributed by atoms with E-state index in [4.69, 9.17) is 4.74 Å². The lowest BCUT2D eigenvalue weighted by atomic mass is 10.1. The van der Waals surface area contributed by atoms with Gasteiger partial charge in [0.05, 0.1) is 12.8 Å². The highest BCUT2D eigenvalue weighted by atomic mass is 16.5. The Labute approximate surface area is 169 Å². The van der Waals surface area contributed by atoms with Crippen molar-refractivity contribution in [3.63, 3.8) is 0 Å². The average Bonchev–Trinajstić information content (AvgIpc) is 3.19. The van der Waals surface area contributed by atoms with Gasteiger partial charge in [0.1, 0.15) is 5.75 Å². The van der Waals surface area contributed by atoms with E-state index in [1.54, 1.807) is 13.2 Å². The second-order valence-electron chi connectivity index (χ2n) is 7.04. The van der Waals surface area contributed by atoms with Gasteiger partial charge in [-0.2, -0.15) is 5.10 Å². The second-order valence-corrected chi connectivity index (χ2v) is 7.04. The molecule has 0 saturated heterocycles. The maximum absolute atomic E-state index is 12.6. The molecule has 29 heavy (non-hydrogen) atoms. The van der Waals surface area contributed by atoms with Crippen LogP contribution in [0.25, 0.3) is 11.3 Å². The molecule has 1 aliphatic heterocycles. The molecular formula is C23H23N3O3. The molecule has 6 heteroatoms. The van der Waals surface area contributed by atoms with Crippen LogP contribution in [-0.4, -0.2) is 29.3 Å². The molecule has 1 amide bonds. The first-order valence-corrected chi connectivity index (χ1v) is 9.76. The van der Waals surface area contributed by atoms with E-state index in [0.29, 0.717) is 25.1 Å². The molecule has 148 valence electrons. The third-order valence-electron chi connectivity index (χ3n) is 5.20. The molecule has 0 unspecified atom stereocenters. The molecule has 0 bridgehead atoms. The van der Waals surface area contributed by atoms with Crippen LogP contribution in [0, 0.1) is 0 Å². The van der Waals surface area contributed by atoms with Gasteiger partial charge in [-0.15, -0.1) is 0 Å². The van der Waals surface area contributed by atoms with Gasteiger partial charge in [-0.3, -0.25) is 9.59 Å². The smallest absolute Gasteiger partial charge is 0.266 e. The maximum Gasteiger partial charge on any atom is 0.266 e. The highest BCUT2D eigenvalue weighted by Crippen LogP contribution is 2.28. The molecule has 0 fully saturated rings. The lowest BCUT2D eigenvalue weighted by Crippen LogP contribution is -2.29. The van der Waals surface area contributed by atoms with Crippen molar-refractivity contribution in [1.29, 1.82) is 0 Å². The van der Waals surface area contributed by atoms with Gasteiger partial charge < -0.3 is 9.64 Å². The minimum Gasteiger partial charge on any atom is -0.497 e. The molecule has 2 heterocycles. The second kappa shape index (κ2) is 8.31. The number of anilines is 1. The Morgan fingerprint density at radius 2 is 1.86 bits per heavy atom. The van der Waals surface area contributed by atoms with Gasteiger partial charge in [-0.1, -0.05) is 18.2 Å². The Balaban J connectivity index is 1.41. The van der Waals surface area contributed by atoms with E-state index in [1.165, 1.54) is 16.3 Å². The molecular weight excluding hydrogens is 366 g/mol. The van der Waals surface area contributed by atoms with E-state index in [2.05, 4.69) is 11.2 Å². The lowest BCUT2D eigenvalue weighted by Gasteiger charge is -2.17. The number of fused-ring (bicyclic) bond motifs is 1. The Hall–Kier alpha value is -3.41. The fourth-order valence-electron chi connectivity index (χ4n) is 3.64. The minimum absolute atomic E-state index is 0.0920. The van der Waals surface area contributed by atoms with Gasteiger partial charge in [0, 0.05) is 36.8 Å². The lowest BCUT2D eigenvalue weighted by molar-refractivity contribution is -0.118. The zero-order chi connectivity index (χ0) is 20.2. The molecule has 1 aliphatic rings. The Bertz CT molecular complexity index is 1070. The molecule has 0 N–H and O–H groups in total. The van der Waals surface area contributed by atoms with Crippen molar-refractivity contribution < 1.29 is 9.53 Å². The quantitative estimate of drug-likeness (QED) is 0.649. The molecule has 0 atom stereocenters. The van der Waals surface area contributed by atoms with Crippen molar-refractivity contribution in [3.8, 4) is 17.0 Å². The van der Waals surface area contributed by atoms with Crippen molar-refractivity contribution in [1.82, 2.24) is 9.78 Å². The maximum atomic E-state index is 12.6. The summed E-state index contributed by atoms with van der Waals surface area (Å²) in [5.41, 5.74) is 3.68. The molecule has 0 radical (unpaired) electrons. The van der Waals surface area contributed by atoms with Crippen LogP contribution in [0.3, 0.4) is 0 Å². The first-order valence-electron chi connectivity index (χ1n) is 9.76. The van der Waals surface area contributed by atoms with Gasteiger partial charge >= 0.3 is 0 Å². The molecule has 0 spiro atoms. The number of benzene rings is 2. The predicted molar refractivity (Wildman–Crippen MR) is 112 cm³/mol. The number of aromatic nitrogens is 2. The van der Waals surface area contributed by atoms with Gasteiger partial charge in [-0.05, 0) is 54.8 Å². The SMILES string of the molecule is COc1ccc(-c2ccc(=O)n(CCCC(=O)N3CCc4ccccc43)n2)cc1. The topological polar surface area (TPSA) is 64.4 Å². The summed E-state index contributed by atoms with van der Waals surface area (Å²) in [6.45, 7) is 1.13. The van der Waals surface area contributed by atoms with Crippen LogP contribution in [0.2, 0.25) is 0 Å². The van der Waals surface area contributed by atoms with Crippen LogP contribution in [0.15, 0.2) is 65.5 Å². The van der Waals surface area contributed by atoms with Crippen LogP contribution in [0.1, 0.15) is 18.4 Å². The molecule has 1 aromatic heterocycles. The van der Waals surface area contributed by atoms with Gasteiger partial charge in [-0.25, -0.2) is 4.68 Å². The van der Waals surface area contributed by atoms with Crippen LogP contribution in [0.4, 0.5) is 5.69 Å². The minimum atomic E-state index is -0.166. The predicted octanol–water partition coefficient (Wildman–Crippen LogP) is 3.29. The number of aryl methyl sites for hydroxylation is 1. The highest BCUT2D eigenvalue weighted by molar-refractivity contribution is 5.95. The first-order chi connectivity index (χ1) is 14.2. The van der Waals surface area contributed by atoms with E-state index in [9.17, 15) is 9.59 Å². The summed E-state index contributed by atoms with van der Waals surface area (Å²) in [7, 11) is 1.62. The van der Waals surface area contributed by atoms with Crippen molar-refractivity contribution in [2.24, 2.45) is 0 Å². The average molecular weight is 389 g/mol. The zero-order valence-electron chi connectivity index (χ0n) is 16.4. The van der Waals surface area contributed by atoms with Gasteiger partial charge in [0.15, 0.2) is 0 Å². The highest BCUT2D eigenvalue weighted by Gasteiger charge is 2.23. The van der Waals surface area contributed by atoms with E-state index >= 15 is 0 Å². The number of nitrogens with zero attached hydrogens (tertiary/aromatic N) is 3. The molecule has 2 aromatic carbocycles.